The first-order valence-corrected chi connectivity index (χ1v) is 12.5. The largest absolute Gasteiger partial charge is 0.420 e. The summed E-state index contributed by atoms with van der Waals surface area (Å²) in [6.45, 7) is 1.31. The molecule has 2 aliphatic rings. The molecule has 5 rings (SSSR count). The van der Waals surface area contributed by atoms with Crippen molar-refractivity contribution in [2.75, 3.05) is 11.7 Å². The van der Waals surface area contributed by atoms with Crippen molar-refractivity contribution in [1.82, 2.24) is 9.58 Å². The molecule has 2 atom stereocenters. The molecular weight excluding hydrogens is 526 g/mol. The van der Waals surface area contributed by atoms with E-state index in [1.165, 1.54) is 39.8 Å². The zero-order chi connectivity index (χ0) is 27.4. The van der Waals surface area contributed by atoms with E-state index in [4.69, 9.17) is 4.74 Å². The maximum atomic E-state index is 14.6. The van der Waals surface area contributed by atoms with Crippen LogP contribution in [0.25, 0.3) is 0 Å². The highest BCUT2D eigenvalue weighted by molar-refractivity contribution is 7.98. The van der Waals surface area contributed by atoms with Crippen LogP contribution in [0, 0.1) is 5.82 Å². The zero-order valence-electron chi connectivity index (χ0n) is 20.2. The zero-order valence-corrected chi connectivity index (χ0v) is 21.0. The third-order valence-electron chi connectivity index (χ3n) is 6.56. The number of halogens is 4. The van der Waals surface area contributed by atoms with Gasteiger partial charge in [0.2, 0.25) is 11.2 Å². The molecule has 0 saturated heterocycles. The minimum Gasteiger partial charge on any atom is -0.420 e. The van der Waals surface area contributed by atoms with Gasteiger partial charge in [0, 0.05) is 29.8 Å². The van der Waals surface area contributed by atoms with Crippen LogP contribution in [0.4, 0.5) is 17.6 Å². The van der Waals surface area contributed by atoms with E-state index >= 15 is 0 Å². The number of amides is 1. The van der Waals surface area contributed by atoms with Crippen LogP contribution in [-0.2, 0) is 10.5 Å². The summed E-state index contributed by atoms with van der Waals surface area (Å²) in [6.07, 6.45) is -3.54. The van der Waals surface area contributed by atoms with Crippen LogP contribution in [0.5, 0.6) is 5.75 Å². The molecule has 7 nitrogen and oxygen atoms in total. The van der Waals surface area contributed by atoms with Crippen molar-refractivity contribution in [3.8, 4) is 5.75 Å². The summed E-state index contributed by atoms with van der Waals surface area (Å²) >= 11 is 1.45. The SMILES string of the molecule is CC(=O)Oc1c2n(ccc1=O)N([C@H]1c3ccccc3CSc3ccc(F)cc31)CN([C@H](C)C(F)(F)F)C2=O. The summed E-state index contributed by atoms with van der Waals surface area (Å²) in [5.41, 5.74) is 0.672. The molecular formula is C26H21F4N3O4S. The highest BCUT2D eigenvalue weighted by Crippen LogP contribution is 2.43. The fourth-order valence-electron chi connectivity index (χ4n) is 4.71. The molecule has 0 fully saturated rings. The number of esters is 1. The van der Waals surface area contributed by atoms with E-state index in [2.05, 4.69) is 0 Å². The Morgan fingerprint density at radius 3 is 2.55 bits per heavy atom. The first-order valence-electron chi connectivity index (χ1n) is 11.6. The second kappa shape index (κ2) is 9.50. The molecule has 2 aliphatic heterocycles. The van der Waals surface area contributed by atoms with Crippen molar-refractivity contribution < 1.29 is 31.9 Å². The van der Waals surface area contributed by atoms with Gasteiger partial charge in [-0.1, -0.05) is 24.3 Å². The maximum absolute atomic E-state index is 14.6. The number of benzene rings is 2. The Balaban J connectivity index is 1.81. The van der Waals surface area contributed by atoms with Gasteiger partial charge in [0.05, 0.1) is 6.04 Å². The van der Waals surface area contributed by atoms with Crippen LogP contribution in [-0.4, -0.2) is 40.3 Å². The van der Waals surface area contributed by atoms with E-state index in [9.17, 15) is 31.9 Å². The lowest BCUT2D eigenvalue weighted by Crippen LogP contribution is -2.60. The monoisotopic (exact) mass is 547 g/mol. The van der Waals surface area contributed by atoms with E-state index in [0.29, 0.717) is 26.7 Å². The second-order valence-corrected chi connectivity index (χ2v) is 9.96. The Kier molecular flexibility index (Phi) is 6.46. The highest BCUT2D eigenvalue weighted by Gasteiger charge is 2.48. The van der Waals surface area contributed by atoms with Gasteiger partial charge >= 0.3 is 12.1 Å². The van der Waals surface area contributed by atoms with Gasteiger partial charge in [-0.15, -0.1) is 11.8 Å². The topological polar surface area (TPSA) is 71.8 Å². The van der Waals surface area contributed by atoms with Crippen molar-refractivity contribution in [3.05, 3.63) is 93.2 Å². The van der Waals surface area contributed by atoms with Gasteiger partial charge in [0.25, 0.3) is 5.91 Å². The van der Waals surface area contributed by atoms with E-state index in [0.717, 1.165) is 25.5 Å². The smallest absolute Gasteiger partial charge is 0.408 e. The minimum atomic E-state index is -4.79. The molecule has 0 saturated carbocycles. The fourth-order valence-corrected chi connectivity index (χ4v) is 5.78. The van der Waals surface area contributed by atoms with E-state index in [1.807, 2.05) is 12.1 Å². The second-order valence-electron chi connectivity index (χ2n) is 8.94. The Hall–Kier alpha value is -3.80. The summed E-state index contributed by atoms with van der Waals surface area (Å²) in [7, 11) is 0. The van der Waals surface area contributed by atoms with Gasteiger partial charge in [-0.25, -0.2) is 4.39 Å². The molecule has 2 aromatic carbocycles. The van der Waals surface area contributed by atoms with Crippen LogP contribution in [0.2, 0.25) is 0 Å². The van der Waals surface area contributed by atoms with E-state index in [1.54, 1.807) is 18.2 Å². The number of aromatic nitrogens is 1. The quantitative estimate of drug-likeness (QED) is 0.353. The molecule has 1 amide bonds. The highest BCUT2D eigenvalue weighted by atomic mass is 32.2. The first-order chi connectivity index (χ1) is 18.0. The van der Waals surface area contributed by atoms with Gasteiger partial charge in [-0.3, -0.25) is 24.1 Å². The van der Waals surface area contributed by atoms with Crippen LogP contribution in [0.1, 0.15) is 47.1 Å². The van der Waals surface area contributed by atoms with Gasteiger partial charge in [-0.2, -0.15) is 13.2 Å². The van der Waals surface area contributed by atoms with E-state index in [-0.39, 0.29) is 0 Å². The molecule has 38 heavy (non-hydrogen) atoms. The lowest BCUT2D eigenvalue weighted by molar-refractivity contribution is -0.173. The standard InChI is InChI=1S/C26H21F4N3O4S/c1-14(26(28,29)30)31-13-33(32-10-9-20(35)24(37-15(2)34)23(32)25(31)36)22-18-6-4-3-5-16(18)12-38-21-8-7-17(27)11-19(21)22/h3-11,14,22H,12-13H2,1-2H3/t14-,22+/m1/s1. The van der Waals surface area contributed by atoms with Crippen molar-refractivity contribution in [3.63, 3.8) is 0 Å². The first kappa shape index (κ1) is 25.8. The van der Waals surface area contributed by atoms with Crippen molar-refractivity contribution in [2.45, 2.75) is 42.8 Å². The number of pyridine rings is 1. The van der Waals surface area contributed by atoms with Crippen LogP contribution < -0.4 is 15.2 Å². The predicted molar refractivity (Wildman–Crippen MR) is 131 cm³/mol. The number of ether oxygens (including phenoxy) is 1. The molecule has 0 radical (unpaired) electrons. The molecule has 0 aliphatic carbocycles. The number of nitrogens with zero attached hydrogens (tertiary/aromatic N) is 3. The number of rotatable bonds is 3. The Morgan fingerprint density at radius 2 is 1.84 bits per heavy atom. The fraction of sp³-hybridized carbons (Fsp3) is 0.269. The lowest BCUT2D eigenvalue weighted by Gasteiger charge is -2.46. The molecule has 3 heterocycles. The van der Waals surface area contributed by atoms with E-state index < -0.39 is 59.5 Å². The number of carbonyl (C=O) groups is 2. The van der Waals surface area contributed by atoms with Crippen molar-refractivity contribution in [1.29, 1.82) is 0 Å². The molecule has 12 heteroatoms. The number of hydrogen-bond donors (Lipinski definition) is 0. The minimum absolute atomic E-state index is 0.479. The van der Waals surface area contributed by atoms with Crippen molar-refractivity contribution >= 4 is 23.6 Å². The number of hydrogen-bond acceptors (Lipinski definition) is 6. The Labute approximate surface area is 218 Å². The predicted octanol–water partition coefficient (Wildman–Crippen LogP) is 4.61. The van der Waals surface area contributed by atoms with Gasteiger partial charge in [-0.05, 0) is 41.8 Å². The average Bonchev–Trinajstić information content (AvgIpc) is 3.01. The average molecular weight is 548 g/mol. The summed E-state index contributed by atoms with van der Waals surface area (Å²) in [6, 6.07) is 9.46. The summed E-state index contributed by atoms with van der Waals surface area (Å²) in [5.74, 6) is -2.74. The number of alkyl halides is 3. The molecule has 0 spiro atoms. The number of carbonyl (C=O) groups excluding carboxylic acids is 2. The van der Waals surface area contributed by atoms with Gasteiger partial charge in [0.15, 0.2) is 5.69 Å². The summed E-state index contributed by atoms with van der Waals surface area (Å²) < 4.78 is 62.6. The third-order valence-corrected chi connectivity index (χ3v) is 7.70. The normalized spacial score (nSPS) is 17.7. The van der Waals surface area contributed by atoms with Crippen LogP contribution in [0.15, 0.2) is 64.4 Å². The maximum Gasteiger partial charge on any atom is 0.408 e. The number of fused-ring (bicyclic) bond motifs is 3. The summed E-state index contributed by atoms with van der Waals surface area (Å²) in [5, 5.41) is 1.45. The van der Waals surface area contributed by atoms with Gasteiger partial charge < -0.3 is 9.64 Å². The molecule has 0 bridgehead atoms. The molecule has 0 unspecified atom stereocenters. The Bertz CT molecular complexity index is 1510. The molecule has 1 aromatic heterocycles. The van der Waals surface area contributed by atoms with Gasteiger partial charge in [0.1, 0.15) is 18.5 Å². The molecule has 0 N–H and O–H groups in total. The number of thioether (sulfide) groups is 1. The molecule has 198 valence electrons. The summed E-state index contributed by atoms with van der Waals surface area (Å²) in [4.78, 5) is 39.2. The Morgan fingerprint density at radius 1 is 1.11 bits per heavy atom. The lowest BCUT2D eigenvalue weighted by atomic mass is 9.94. The van der Waals surface area contributed by atoms with Crippen LogP contribution >= 0.6 is 11.8 Å². The third kappa shape index (κ3) is 4.42. The molecule has 3 aromatic rings. The van der Waals surface area contributed by atoms with Crippen LogP contribution in [0.3, 0.4) is 0 Å². The van der Waals surface area contributed by atoms with Crippen molar-refractivity contribution in [2.24, 2.45) is 0 Å².